The second kappa shape index (κ2) is 9.44. The first kappa shape index (κ1) is 19.3. The fraction of sp³-hybridized carbons (Fsp3) is 0.524. The van der Waals surface area contributed by atoms with Gasteiger partial charge in [0.1, 0.15) is 11.3 Å². The minimum atomic E-state index is -0.0516. The smallest absolute Gasteiger partial charge is 0.308 e. The molecule has 2 N–H and O–H groups in total. The summed E-state index contributed by atoms with van der Waals surface area (Å²) in [5.41, 5.74) is 0.924. The standard InChI is InChI=1S/C21H29N3O3/c1-3-26-20(25)15-8-10-17(11-9-15)24-21(22-2)23-13-12-18-14-16-6-4-5-7-19(16)27-18/h4-7,14-15,17H,3,8-13H2,1-2H3,(H2,22,23,24). The second-order valence-electron chi connectivity index (χ2n) is 6.94. The molecule has 1 aliphatic rings. The Morgan fingerprint density at radius 1 is 1.26 bits per heavy atom. The molecule has 0 spiro atoms. The zero-order chi connectivity index (χ0) is 19.1. The van der Waals surface area contributed by atoms with Gasteiger partial charge in [-0.15, -0.1) is 0 Å². The maximum Gasteiger partial charge on any atom is 0.308 e. The molecule has 6 heteroatoms. The van der Waals surface area contributed by atoms with Crippen molar-refractivity contribution in [3.63, 3.8) is 0 Å². The molecular weight excluding hydrogens is 342 g/mol. The van der Waals surface area contributed by atoms with E-state index in [1.54, 1.807) is 7.05 Å². The Bertz CT molecular complexity index is 743. The summed E-state index contributed by atoms with van der Waals surface area (Å²) in [5.74, 6) is 1.76. The topological polar surface area (TPSA) is 75.9 Å². The highest BCUT2D eigenvalue weighted by Gasteiger charge is 2.27. The molecule has 1 saturated carbocycles. The lowest BCUT2D eigenvalue weighted by molar-refractivity contribution is -0.149. The molecule has 1 aromatic heterocycles. The highest BCUT2D eigenvalue weighted by Crippen LogP contribution is 2.25. The largest absolute Gasteiger partial charge is 0.466 e. The van der Waals surface area contributed by atoms with E-state index in [1.807, 2.05) is 25.1 Å². The number of hydrogen-bond donors (Lipinski definition) is 2. The van der Waals surface area contributed by atoms with Crippen molar-refractivity contribution in [2.24, 2.45) is 10.9 Å². The molecule has 0 amide bonds. The minimum absolute atomic E-state index is 0.0473. The summed E-state index contributed by atoms with van der Waals surface area (Å²) in [7, 11) is 1.78. The Kier molecular flexibility index (Phi) is 6.74. The van der Waals surface area contributed by atoms with Crippen molar-refractivity contribution in [1.82, 2.24) is 10.6 Å². The Balaban J connectivity index is 1.41. The molecule has 0 radical (unpaired) electrons. The highest BCUT2D eigenvalue weighted by molar-refractivity contribution is 5.80. The number of fused-ring (bicyclic) bond motifs is 1. The molecule has 6 nitrogen and oxygen atoms in total. The first-order valence-corrected chi connectivity index (χ1v) is 9.81. The van der Waals surface area contributed by atoms with Crippen LogP contribution in [0, 0.1) is 5.92 Å². The number of esters is 1. The van der Waals surface area contributed by atoms with E-state index in [0.717, 1.165) is 61.3 Å². The molecule has 146 valence electrons. The van der Waals surface area contributed by atoms with Crippen LogP contribution in [0.5, 0.6) is 0 Å². The van der Waals surface area contributed by atoms with Crippen LogP contribution >= 0.6 is 0 Å². The summed E-state index contributed by atoms with van der Waals surface area (Å²) in [4.78, 5) is 16.1. The molecule has 0 unspecified atom stereocenters. The molecule has 0 bridgehead atoms. The van der Waals surface area contributed by atoms with Gasteiger partial charge in [-0.1, -0.05) is 18.2 Å². The quantitative estimate of drug-likeness (QED) is 0.463. The second-order valence-corrected chi connectivity index (χ2v) is 6.94. The monoisotopic (exact) mass is 371 g/mol. The molecular formula is C21H29N3O3. The number of aliphatic imine (C=N–C) groups is 1. The third-order valence-electron chi connectivity index (χ3n) is 5.05. The third-order valence-corrected chi connectivity index (χ3v) is 5.05. The molecule has 0 aliphatic heterocycles. The van der Waals surface area contributed by atoms with Crippen molar-refractivity contribution in [2.45, 2.75) is 45.1 Å². The Morgan fingerprint density at radius 3 is 2.74 bits per heavy atom. The van der Waals surface area contributed by atoms with Gasteiger partial charge in [0, 0.05) is 31.4 Å². The normalized spacial score (nSPS) is 20.4. The van der Waals surface area contributed by atoms with Crippen LogP contribution in [0.1, 0.15) is 38.4 Å². The number of ether oxygens (including phenoxy) is 1. The van der Waals surface area contributed by atoms with Crippen LogP contribution in [0.3, 0.4) is 0 Å². The Hall–Kier alpha value is -2.50. The maximum absolute atomic E-state index is 11.8. The lowest BCUT2D eigenvalue weighted by atomic mass is 9.86. The number of carbonyl (C=O) groups is 1. The average molecular weight is 371 g/mol. The Morgan fingerprint density at radius 2 is 2.04 bits per heavy atom. The van der Waals surface area contributed by atoms with E-state index in [4.69, 9.17) is 9.15 Å². The predicted molar refractivity (Wildman–Crippen MR) is 107 cm³/mol. The van der Waals surface area contributed by atoms with E-state index >= 15 is 0 Å². The van der Waals surface area contributed by atoms with Crippen molar-refractivity contribution in [2.75, 3.05) is 20.2 Å². The highest BCUT2D eigenvalue weighted by atomic mass is 16.5. The molecule has 1 aromatic carbocycles. The molecule has 1 heterocycles. The fourth-order valence-corrected chi connectivity index (χ4v) is 3.59. The number of para-hydroxylation sites is 1. The summed E-state index contributed by atoms with van der Waals surface area (Å²) in [6.45, 7) is 3.06. The molecule has 1 fully saturated rings. The average Bonchev–Trinajstić information content (AvgIpc) is 3.10. The van der Waals surface area contributed by atoms with Crippen LogP contribution in [-0.4, -0.2) is 38.2 Å². The molecule has 0 atom stereocenters. The van der Waals surface area contributed by atoms with Gasteiger partial charge in [-0.05, 0) is 44.7 Å². The zero-order valence-electron chi connectivity index (χ0n) is 16.2. The molecule has 2 aromatic rings. The number of hydrogen-bond acceptors (Lipinski definition) is 4. The third kappa shape index (κ3) is 5.25. The van der Waals surface area contributed by atoms with Crippen molar-refractivity contribution < 1.29 is 13.9 Å². The SMILES string of the molecule is CCOC(=O)C1CCC(NC(=NC)NCCc2cc3ccccc3o2)CC1. The van der Waals surface area contributed by atoms with E-state index in [0.29, 0.717) is 12.6 Å². The number of furan rings is 1. The van der Waals surface area contributed by atoms with Gasteiger partial charge in [0.25, 0.3) is 0 Å². The van der Waals surface area contributed by atoms with Crippen LogP contribution in [-0.2, 0) is 16.0 Å². The van der Waals surface area contributed by atoms with Gasteiger partial charge >= 0.3 is 5.97 Å². The van der Waals surface area contributed by atoms with Gasteiger partial charge in [0.15, 0.2) is 5.96 Å². The minimum Gasteiger partial charge on any atom is -0.466 e. The van der Waals surface area contributed by atoms with Crippen LogP contribution in [0.2, 0.25) is 0 Å². The van der Waals surface area contributed by atoms with Gasteiger partial charge in [-0.2, -0.15) is 0 Å². The molecule has 0 saturated heterocycles. The lowest BCUT2D eigenvalue weighted by Crippen LogP contribution is -2.45. The maximum atomic E-state index is 11.8. The van der Waals surface area contributed by atoms with Crippen molar-refractivity contribution >= 4 is 22.9 Å². The van der Waals surface area contributed by atoms with E-state index in [9.17, 15) is 4.79 Å². The molecule has 1 aliphatic carbocycles. The van der Waals surface area contributed by atoms with Crippen molar-refractivity contribution in [1.29, 1.82) is 0 Å². The van der Waals surface area contributed by atoms with Gasteiger partial charge in [0.05, 0.1) is 12.5 Å². The number of nitrogens with zero attached hydrogens (tertiary/aromatic N) is 1. The Labute approximate surface area is 160 Å². The van der Waals surface area contributed by atoms with Crippen molar-refractivity contribution in [3.8, 4) is 0 Å². The zero-order valence-corrected chi connectivity index (χ0v) is 16.2. The molecule has 3 rings (SSSR count). The number of nitrogens with one attached hydrogen (secondary N) is 2. The fourth-order valence-electron chi connectivity index (χ4n) is 3.59. The van der Waals surface area contributed by atoms with Crippen LogP contribution in [0.25, 0.3) is 11.0 Å². The number of carbonyl (C=O) groups excluding carboxylic acids is 1. The van der Waals surface area contributed by atoms with E-state index < -0.39 is 0 Å². The van der Waals surface area contributed by atoms with E-state index in [2.05, 4.69) is 27.8 Å². The number of benzene rings is 1. The summed E-state index contributed by atoms with van der Waals surface area (Å²) in [5, 5.41) is 7.95. The summed E-state index contributed by atoms with van der Waals surface area (Å²) >= 11 is 0. The first-order valence-electron chi connectivity index (χ1n) is 9.81. The van der Waals surface area contributed by atoms with Gasteiger partial charge in [-0.25, -0.2) is 0 Å². The number of rotatable bonds is 6. The van der Waals surface area contributed by atoms with E-state index in [-0.39, 0.29) is 11.9 Å². The van der Waals surface area contributed by atoms with Crippen molar-refractivity contribution in [3.05, 3.63) is 36.1 Å². The predicted octanol–water partition coefficient (Wildman–Crippen LogP) is 3.26. The summed E-state index contributed by atoms with van der Waals surface area (Å²) in [6.07, 6.45) is 4.44. The van der Waals surface area contributed by atoms with Crippen LogP contribution in [0.4, 0.5) is 0 Å². The van der Waals surface area contributed by atoms with Gasteiger partial charge < -0.3 is 19.8 Å². The summed E-state index contributed by atoms with van der Waals surface area (Å²) in [6, 6.07) is 10.5. The molecule has 27 heavy (non-hydrogen) atoms. The number of guanidine groups is 1. The van der Waals surface area contributed by atoms with E-state index in [1.165, 1.54) is 0 Å². The van der Waals surface area contributed by atoms with Crippen LogP contribution < -0.4 is 10.6 Å². The van der Waals surface area contributed by atoms with Crippen LogP contribution in [0.15, 0.2) is 39.7 Å². The first-order chi connectivity index (χ1) is 13.2. The van der Waals surface area contributed by atoms with Gasteiger partial charge in [0.2, 0.25) is 0 Å². The van der Waals surface area contributed by atoms with Gasteiger partial charge in [-0.3, -0.25) is 9.79 Å². The summed E-state index contributed by atoms with van der Waals surface area (Å²) < 4.78 is 11.0. The lowest BCUT2D eigenvalue weighted by Gasteiger charge is -2.29.